The van der Waals surface area contributed by atoms with Gasteiger partial charge in [0.15, 0.2) is 23.0 Å². The Morgan fingerprint density at radius 3 is 2.12 bits per heavy atom. The van der Waals surface area contributed by atoms with Crippen LogP contribution in [0.15, 0.2) is 36.4 Å². The SMILES string of the molecule is COc1cc(C(=O)NNC(=O)NCc2ccc(OC(F)F)c(OC)c2)ccc1OC(C)C. The second kappa shape index (κ2) is 11.6. The first-order valence-electron chi connectivity index (χ1n) is 9.54. The van der Waals surface area contributed by atoms with Gasteiger partial charge in [-0.25, -0.2) is 10.2 Å². The van der Waals surface area contributed by atoms with Gasteiger partial charge < -0.3 is 24.3 Å². The van der Waals surface area contributed by atoms with E-state index in [1.165, 1.54) is 44.6 Å². The van der Waals surface area contributed by atoms with E-state index in [1.54, 1.807) is 6.07 Å². The Bertz CT molecular complexity index is 940. The van der Waals surface area contributed by atoms with Gasteiger partial charge in [-0.2, -0.15) is 8.78 Å². The van der Waals surface area contributed by atoms with Crippen molar-refractivity contribution in [2.75, 3.05) is 14.2 Å². The molecular formula is C21H25F2N3O6. The Balaban J connectivity index is 1.89. The van der Waals surface area contributed by atoms with Gasteiger partial charge >= 0.3 is 12.6 Å². The zero-order valence-electron chi connectivity index (χ0n) is 18.0. The topological polar surface area (TPSA) is 107 Å². The van der Waals surface area contributed by atoms with Crippen LogP contribution in [0.2, 0.25) is 0 Å². The summed E-state index contributed by atoms with van der Waals surface area (Å²) in [7, 11) is 2.76. The van der Waals surface area contributed by atoms with E-state index >= 15 is 0 Å². The summed E-state index contributed by atoms with van der Waals surface area (Å²) in [5.74, 6) is 0.277. The number of urea groups is 1. The molecule has 0 saturated carbocycles. The van der Waals surface area contributed by atoms with E-state index < -0.39 is 18.5 Å². The van der Waals surface area contributed by atoms with Gasteiger partial charge in [-0.15, -0.1) is 0 Å². The monoisotopic (exact) mass is 453 g/mol. The Hall–Kier alpha value is -3.76. The second-order valence-corrected chi connectivity index (χ2v) is 6.66. The number of hydrazine groups is 1. The van der Waals surface area contributed by atoms with Crippen molar-refractivity contribution < 1.29 is 37.3 Å². The maximum Gasteiger partial charge on any atom is 0.387 e. The number of alkyl halides is 2. The van der Waals surface area contributed by atoms with Crippen LogP contribution in [0.3, 0.4) is 0 Å². The van der Waals surface area contributed by atoms with Gasteiger partial charge in [-0.1, -0.05) is 6.07 Å². The number of halogens is 2. The molecule has 0 unspecified atom stereocenters. The lowest BCUT2D eigenvalue weighted by Gasteiger charge is -2.15. The molecule has 2 rings (SSSR count). The van der Waals surface area contributed by atoms with E-state index in [-0.39, 0.29) is 29.7 Å². The normalized spacial score (nSPS) is 10.5. The lowest BCUT2D eigenvalue weighted by molar-refractivity contribution is -0.0512. The highest BCUT2D eigenvalue weighted by atomic mass is 19.3. The van der Waals surface area contributed by atoms with E-state index in [4.69, 9.17) is 14.2 Å². The molecule has 32 heavy (non-hydrogen) atoms. The summed E-state index contributed by atoms with van der Waals surface area (Å²) in [4.78, 5) is 24.3. The van der Waals surface area contributed by atoms with Crippen molar-refractivity contribution >= 4 is 11.9 Å². The van der Waals surface area contributed by atoms with Crippen LogP contribution in [0.25, 0.3) is 0 Å². The maximum absolute atomic E-state index is 12.4. The number of methoxy groups -OCH3 is 2. The standard InChI is InChI=1S/C21H25F2N3O6/c1-12(2)31-15-8-6-14(10-18(15)30-4)19(27)25-26-21(28)24-11-13-5-7-16(32-20(22)23)17(9-13)29-3/h5-10,12,20H,11H2,1-4H3,(H,25,27)(H2,24,26,28). The summed E-state index contributed by atoms with van der Waals surface area (Å²) in [6, 6.07) is 8.18. The van der Waals surface area contributed by atoms with Gasteiger partial charge in [0.05, 0.1) is 20.3 Å². The third-order valence-corrected chi connectivity index (χ3v) is 3.98. The summed E-state index contributed by atoms with van der Waals surface area (Å²) in [6.45, 7) is 0.789. The average molecular weight is 453 g/mol. The van der Waals surface area contributed by atoms with Gasteiger partial charge in [0.25, 0.3) is 5.91 Å². The number of carbonyl (C=O) groups is 2. The third kappa shape index (κ3) is 7.18. The molecule has 174 valence electrons. The fourth-order valence-electron chi connectivity index (χ4n) is 2.59. The molecule has 2 aromatic carbocycles. The molecule has 9 nitrogen and oxygen atoms in total. The average Bonchev–Trinajstić information content (AvgIpc) is 2.76. The molecular weight excluding hydrogens is 428 g/mol. The van der Waals surface area contributed by atoms with Crippen LogP contribution in [0.1, 0.15) is 29.8 Å². The molecule has 0 aliphatic carbocycles. The molecule has 3 amide bonds. The molecule has 0 atom stereocenters. The second-order valence-electron chi connectivity index (χ2n) is 6.66. The fraction of sp³-hybridized carbons (Fsp3) is 0.333. The first-order valence-corrected chi connectivity index (χ1v) is 9.54. The zero-order chi connectivity index (χ0) is 23.7. The fourth-order valence-corrected chi connectivity index (χ4v) is 2.59. The van der Waals surface area contributed by atoms with Crippen LogP contribution in [0.5, 0.6) is 23.0 Å². The number of carbonyl (C=O) groups excluding carboxylic acids is 2. The number of hydrogen-bond donors (Lipinski definition) is 3. The van der Waals surface area contributed by atoms with E-state index in [2.05, 4.69) is 20.9 Å². The molecule has 0 aliphatic heterocycles. The lowest BCUT2D eigenvalue weighted by atomic mass is 10.2. The Kier molecular flexibility index (Phi) is 8.87. The Morgan fingerprint density at radius 1 is 0.875 bits per heavy atom. The molecule has 0 radical (unpaired) electrons. The van der Waals surface area contributed by atoms with Crippen LogP contribution in [-0.4, -0.2) is 38.9 Å². The molecule has 11 heteroatoms. The van der Waals surface area contributed by atoms with Gasteiger partial charge in [0.1, 0.15) is 0 Å². The summed E-state index contributed by atoms with van der Waals surface area (Å²) in [5.41, 5.74) is 5.31. The molecule has 3 N–H and O–H groups in total. The van der Waals surface area contributed by atoms with Crippen molar-refractivity contribution in [2.24, 2.45) is 0 Å². The number of hydrogen-bond acceptors (Lipinski definition) is 6. The van der Waals surface area contributed by atoms with Crippen molar-refractivity contribution in [2.45, 2.75) is 33.1 Å². The Labute approximate surface area is 184 Å². The van der Waals surface area contributed by atoms with Crippen LogP contribution in [0.4, 0.5) is 13.6 Å². The van der Waals surface area contributed by atoms with E-state index in [1.807, 2.05) is 13.8 Å². The van der Waals surface area contributed by atoms with Crippen molar-refractivity contribution in [3.8, 4) is 23.0 Å². The molecule has 0 fully saturated rings. The van der Waals surface area contributed by atoms with E-state index in [0.29, 0.717) is 17.1 Å². The highest BCUT2D eigenvalue weighted by molar-refractivity contribution is 5.95. The van der Waals surface area contributed by atoms with Crippen LogP contribution < -0.4 is 35.1 Å². The predicted molar refractivity (Wildman–Crippen MR) is 111 cm³/mol. The zero-order valence-corrected chi connectivity index (χ0v) is 18.0. The molecule has 0 aliphatic rings. The summed E-state index contributed by atoms with van der Waals surface area (Å²) >= 11 is 0. The number of benzene rings is 2. The summed E-state index contributed by atoms with van der Waals surface area (Å²) in [6.07, 6.45) is -0.0676. The molecule has 2 aromatic rings. The minimum atomic E-state index is -2.99. The van der Waals surface area contributed by atoms with Crippen molar-refractivity contribution in [1.82, 2.24) is 16.2 Å². The first-order chi connectivity index (χ1) is 15.2. The number of amides is 3. The smallest absolute Gasteiger partial charge is 0.387 e. The van der Waals surface area contributed by atoms with Crippen LogP contribution >= 0.6 is 0 Å². The summed E-state index contributed by atoms with van der Waals surface area (Å²) in [5, 5.41) is 2.52. The van der Waals surface area contributed by atoms with Gasteiger partial charge in [-0.3, -0.25) is 10.2 Å². The molecule has 0 bridgehead atoms. The first kappa shape index (κ1) is 24.5. The minimum Gasteiger partial charge on any atom is -0.493 e. The lowest BCUT2D eigenvalue weighted by Crippen LogP contribution is -2.46. The van der Waals surface area contributed by atoms with Crippen molar-refractivity contribution in [3.05, 3.63) is 47.5 Å². The van der Waals surface area contributed by atoms with Gasteiger partial charge in [-0.05, 0) is 49.7 Å². The molecule has 0 spiro atoms. The quantitative estimate of drug-likeness (QED) is 0.504. The van der Waals surface area contributed by atoms with E-state index in [9.17, 15) is 18.4 Å². The van der Waals surface area contributed by atoms with Crippen LogP contribution in [-0.2, 0) is 6.54 Å². The molecule has 0 heterocycles. The largest absolute Gasteiger partial charge is 0.493 e. The summed E-state index contributed by atoms with van der Waals surface area (Å²) < 4.78 is 45.0. The number of ether oxygens (including phenoxy) is 4. The Morgan fingerprint density at radius 2 is 1.50 bits per heavy atom. The van der Waals surface area contributed by atoms with E-state index in [0.717, 1.165) is 0 Å². The molecule has 0 saturated heterocycles. The maximum atomic E-state index is 12.4. The highest BCUT2D eigenvalue weighted by Gasteiger charge is 2.14. The number of rotatable bonds is 9. The van der Waals surface area contributed by atoms with Gasteiger partial charge in [0.2, 0.25) is 0 Å². The predicted octanol–water partition coefficient (Wildman–Crippen LogP) is 3.24. The van der Waals surface area contributed by atoms with Crippen molar-refractivity contribution in [1.29, 1.82) is 0 Å². The van der Waals surface area contributed by atoms with Crippen molar-refractivity contribution in [3.63, 3.8) is 0 Å². The van der Waals surface area contributed by atoms with Gasteiger partial charge in [0, 0.05) is 12.1 Å². The van der Waals surface area contributed by atoms with Crippen LogP contribution in [0, 0.1) is 0 Å². The third-order valence-electron chi connectivity index (χ3n) is 3.98. The molecule has 0 aromatic heterocycles. The minimum absolute atomic E-state index is 0.0437. The number of nitrogens with one attached hydrogen (secondary N) is 3. The highest BCUT2D eigenvalue weighted by Crippen LogP contribution is 2.30.